The Morgan fingerprint density at radius 3 is 2.28 bits per heavy atom. The van der Waals surface area contributed by atoms with Crippen molar-refractivity contribution in [2.75, 3.05) is 40.9 Å². The third-order valence-electron chi connectivity index (χ3n) is 5.65. The van der Waals surface area contributed by atoms with E-state index in [0.29, 0.717) is 18.7 Å². The number of methoxy groups -OCH3 is 2. The van der Waals surface area contributed by atoms with Gasteiger partial charge in [0, 0.05) is 39.6 Å². The average molecular weight is 561 g/mol. The zero-order chi connectivity index (χ0) is 22.6. The van der Waals surface area contributed by atoms with Crippen molar-refractivity contribution < 1.29 is 14.3 Å². The first kappa shape index (κ1) is 28.3. The molecule has 0 fully saturated rings. The standard InChI is InChI=1S/C24H40N4O3.HI/c1-18(2)9-6-7-12-26-24(25-3)27-13-8-10-23(29)28-14-11-19-15-21(30-4)22(31-5)16-20(19)17-28;/h15-16,18H,6-14,17H2,1-5H3,(H2,25,26,27);1H. The van der Waals surface area contributed by atoms with Crippen LogP contribution in [0.15, 0.2) is 17.1 Å². The number of nitrogens with one attached hydrogen (secondary N) is 2. The van der Waals surface area contributed by atoms with Crippen molar-refractivity contribution >= 4 is 35.8 Å². The van der Waals surface area contributed by atoms with Gasteiger partial charge in [0.25, 0.3) is 0 Å². The first-order chi connectivity index (χ1) is 15.0. The number of halogens is 1. The molecule has 1 aliphatic heterocycles. The van der Waals surface area contributed by atoms with Crippen molar-refractivity contribution in [3.63, 3.8) is 0 Å². The van der Waals surface area contributed by atoms with Crippen LogP contribution in [0.3, 0.4) is 0 Å². The molecule has 0 aromatic heterocycles. The summed E-state index contributed by atoms with van der Waals surface area (Å²) < 4.78 is 10.8. The third kappa shape index (κ3) is 9.03. The fourth-order valence-corrected chi connectivity index (χ4v) is 3.81. The van der Waals surface area contributed by atoms with E-state index in [4.69, 9.17) is 9.47 Å². The van der Waals surface area contributed by atoms with Gasteiger partial charge in [-0.1, -0.05) is 26.7 Å². The van der Waals surface area contributed by atoms with E-state index in [1.165, 1.54) is 18.4 Å². The van der Waals surface area contributed by atoms with Gasteiger partial charge in [0.05, 0.1) is 14.2 Å². The number of aliphatic imine (C=N–C) groups is 1. The van der Waals surface area contributed by atoms with Crippen LogP contribution in [0.2, 0.25) is 0 Å². The molecule has 1 heterocycles. The van der Waals surface area contributed by atoms with Gasteiger partial charge in [0.2, 0.25) is 5.91 Å². The van der Waals surface area contributed by atoms with Crippen LogP contribution in [-0.4, -0.2) is 57.7 Å². The maximum absolute atomic E-state index is 12.7. The Morgan fingerprint density at radius 1 is 1.06 bits per heavy atom. The van der Waals surface area contributed by atoms with Gasteiger partial charge in [-0.05, 0) is 48.4 Å². The number of rotatable bonds is 11. The SMILES string of the molecule is CN=C(NCCCCC(C)C)NCCCC(=O)N1CCc2cc(OC)c(OC)cc2C1.I. The topological polar surface area (TPSA) is 75.2 Å². The minimum absolute atomic E-state index is 0. The number of carbonyl (C=O) groups excluding carboxylic acids is 1. The maximum Gasteiger partial charge on any atom is 0.222 e. The van der Waals surface area contributed by atoms with Gasteiger partial charge in [0.1, 0.15) is 0 Å². The molecule has 0 saturated heterocycles. The van der Waals surface area contributed by atoms with Crippen LogP contribution in [0, 0.1) is 5.92 Å². The van der Waals surface area contributed by atoms with Crippen molar-refractivity contribution in [1.82, 2.24) is 15.5 Å². The summed E-state index contributed by atoms with van der Waals surface area (Å²) in [6.07, 6.45) is 5.78. The quantitative estimate of drug-likeness (QED) is 0.186. The molecule has 7 nitrogen and oxygen atoms in total. The molecule has 2 rings (SSSR count). The minimum atomic E-state index is 0. The van der Waals surface area contributed by atoms with Crippen molar-refractivity contribution in [3.8, 4) is 11.5 Å². The first-order valence-corrected chi connectivity index (χ1v) is 11.4. The molecule has 32 heavy (non-hydrogen) atoms. The summed E-state index contributed by atoms with van der Waals surface area (Å²) >= 11 is 0. The molecule has 0 saturated carbocycles. The maximum atomic E-state index is 12.7. The summed E-state index contributed by atoms with van der Waals surface area (Å²) in [7, 11) is 5.06. The van der Waals surface area contributed by atoms with E-state index in [9.17, 15) is 4.79 Å². The molecule has 1 aromatic carbocycles. The fraction of sp³-hybridized carbons (Fsp3) is 0.667. The van der Waals surface area contributed by atoms with Gasteiger partial charge in [-0.15, -0.1) is 24.0 Å². The van der Waals surface area contributed by atoms with Gasteiger partial charge in [-0.2, -0.15) is 0 Å². The fourth-order valence-electron chi connectivity index (χ4n) is 3.81. The van der Waals surface area contributed by atoms with Crippen LogP contribution < -0.4 is 20.1 Å². The molecule has 0 radical (unpaired) electrons. The molecule has 182 valence electrons. The number of nitrogens with zero attached hydrogens (tertiary/aromatic N) is 2. The molecule has 0 spiro atoms. The number of benzene rings is 1. The number of hydrogen-bond acceptors (Lipinski definition) is 4. The number of hydrogen-bond donors (Lipinski definition) is 2. The Balaban J connectivity index is 0.00000512. The number of guanidine groups is 1. The predicted molar refractivity (Wildman–Crippen MR) is 141 cm³/mol. The number of carbonyl (C=O) groups is 1. The second-order valence-electron chi connectivity index (χ2n) is 8.46. The molecular formula is C24H41IN4O3. The van der Waals surface area contributed by atoms with Crippen molar-refractivity contribution in [2.45, 2.75) is 58.9 Å². The van der Waals surface area contributed by atoms with Crippen LogP contribution >= 0.6 is 24.0 Å². The van der Waals surface area contributed by atoms with E-state index in [2.05, 4.69) is 29.5 Å². The number of amides is 1. The molecule has 8 heteroatoms. The van der Waals surface area contributed by atoms with Crippen molar-refractivity contribution in [3.05, 3.63) is 23.3 Å². The van der Waals surface area contributed by atoms with E-state index in [0.717, 1.165) is 62.1 Å². The van der Waals surface area contributed by atoms with Gasteiger partial charge in [-0.3, -0.25) is 9.79 Å². The summed E-state index contributed by atoms with van der Waals surface area (Å²) in [5.74, 6) is 3.22. The van der Waals surface area contributed by atoms with E-state index in [1.54, 1.807) is 21.3 Å². The van der Waals surface area contributed by atoms with Gasteiger partial charge >= 0.3 is 0 Å². The van der Waals surface area contributed by atoms with Crippen molar-refractivity contribution in [1.29, 1.82) is 0 Å². The number of unbranched alkanes of at least 4 members (excludes halogenated alkanes) is 1. The zero-order valence-corrected chi connectivity index (χ0v) is 22.7. The van der Waals surface area contributed by atoms with Crippen LogP contribution in [0.25, 0.3) is 0 Å². The Bertz CT molecular complexity index is 740. The summed E-state index contributed by atoms with van der Waals surface area (Å²) in [6, 6.07) is 4.02. The number of fused-ring (bicyclic) bond motifs is 1. The highest BCUT2D eigenvalue weighted by Crippen LogP contribution is 2.33. The van der Waals surface area contributed by atoms with E-state index >= 15 is 0 Å². The van der Waals surface area contributed by atoms with Crippen LogP contribution in [-0.2, 0) is 17.8 Å². The molecule has 2 N–H and O–H groups in total. The lowest BCUT2D eigenvalue weighted by molar-refractivity contribution is -0.132. The number of ether oxygens (including phenoxy) is 2. The van der Waals surface area contributed by atoms with Gasteiger partial charge < -0.3 is 25.0 Å². The molecule has 0 unspecified atom stereocenters. The van der Waals surface area contributed by atoms with Crippen LogP contribution in [0.4, 0.5) is 0 Å². The lowest BCUT2D eigenvalue weighted by atomic mass is 9.98. The van der Waals surface area contributed by atoms with Crippen LogP contribution in [0.5, 0.6) is 11.5 Å². The molecular weight excluding hydrogens is 519 g/mol. The van der Waals surface area contributed by atoms with E-state index < -0.39 is 0 Å². The Labute approximate surface area is 210 Å². The Hall–Kier alpha value is -1.71. The predicted octanol–water partition coefficient (Wildman–Crippen LogP) is 3.98. The second-order valence-corrected chi connectivity index (χ2v) is 8.46. The lowest BCUT2D eigenvalue weighted by Gasteiger charge is -2.29. The first-order valence-electron chi connectivity index (χ1n) is 11.4. The largest absolute Gasteiger partial charge is 0.493 e. The highest BCUT2D eigenvalue weighted by Gasteiger charge is 2.22. The van der Waals surface area contributed by atoms with E-state index in [-0.39, 0.29) is 29.9 Å². The minimum Gasteiger partial charge on any atom is -0.493 e. The Kier molecular flexibility index (Phi) is 13.4. The monoisotopic (exact) mass is 560 g/mol. The average Bonchev–Trinajstić information content (AvgIpc) is 2.78. The normalized spacial score (nSPS) is 13.3. The third-order valence-corrected chi connectivity index (χ3v) is 5.65. The molecule has 1 aliphatic rings. The summed E-state index contributed by atoms with van der Waals surface area (Å²) in [5, 5.41) is 6.66. The smallest absolute Gasteiger partial charge is 0.222 e. The van der Waals surface area contributed by atoms with E-state index in [1.807, 2.05) is 17.0 Å². The molecule has 0 aliphatic carbocycles. The second kappa shape index (κ2) is 15.2. The molecule has 1 aromatic rings. The molecule has 0 atom stereocenters. The highest BCUT2D eigenvalue weighted by molar-refractivity contribution is 14.0. The molecule has 0 bridgehead atoms. The van der Waals surface area contributed by atoms with Gasteiger partial charge in [-0.25, -0.2) is 0 Å². The molecule has 1 amide bonds. The summed E-state index contributed by atoms with van der Waals surface area (Å²) in [4.78, 5) is 18.9. The Morgan fingerprint density at radius 2 is 1.69 bits per heavy atom. The summed E-state index contributed by atoms with van der Waals surface area (Å²) in [6.45, 7) is 7.53. The van der Waals surface area contributed by atoms with Crippen LogP contribution in [0.1, 0.15) is 57.1 Å². The van der Waals surface area contributed by atoms with Gasteiger partial charge in [0.15, 0.2) is 17.5 Å². The highest BCUT2D eigenvalue weighted by atomic mass is 127. The lowest BCUT2D eigenvalue weighted by Crippen LogP contribution is -2.39. The summed E-state index contributed by atoms with van der Waals surface area (Å²) in [5.41, 5.74) is 2.36. The van der Waals surface area contributed by atoms with Crippen molar-refractivity contribution in [2.24, 2.45) is 10.9 Å². The zero-order valence-electron chi connectivity index (χ0n) is 20.3.